The Hall–Kier alpha value is -1.61. The molecule has 1 aromatic carbocycles. The highest BCUT2D eigenvalue weighted by Crippen LogP contribution is 2.23. The molecule has 0 radical (unpaired) electrons. The third-order valence-corrected chi connectivity index (χ3v) is 2.87. The predicted octanol–water partition coefficient (Wildman–Crippen LogP) is 2.11. The van der Waals surface area contributed by atoms with Gasteiger partial charge in [0.1, 0.15) is 0 Å². The topological polar surface area (TPSA) is 37.4 Å². The number of benzene rings is 1. The van der Waals surface area contributed by atoms with Gasteiger partial charge in [0.2, 0.25) is 5.91 Å². The number of amides is 2. The van der Waals surface area contributed by atoms with Gasteiger partial charge in [-0.15, -0.1) is 0 Å². The number of rotatable bonds is 1. The summed E-state index contributed by atoms with van der Waals surface area (Å²) in [5.41, 5.74) is 1.25. The van der Waals surface area contributed by atoms with Crippen molar-refractivity contribution in [2.24, 2.45) is 0 Å². The summed E-state index contributed by atoms with van der Waals surface area (Å²) < 4.78 is 0. The molecular formula is C12H10ClNO2. The van der Waals surface area contributed by atoms with E-state index >= 15 is 0 Å². The third kappa shape index (κ3) is 1.86. The van der Waals surface area contributed by atoms with Crippen molar-refractivity contribution in [1.29, 1.82) is 0 Å². The molecule has 16 heavy (non-hydrogen) atoms. The van der Waals surface area contributed by atoms with Gasteiger partial charge in [0.05, 0.1) is 6.42 Å². The number of likely N-dealkylation sites (N-methyl/N-ethyl adjacent to an activating group) is 1. The molecule has 1 aromatic rings. The summed E-state index contributed by atoms with van der Waals surface area (Å²) in [5.74, 6) is -0.423. The number of hydrogen-bond acceptors (Lipinski definition) is 2. The Kier molecular flexibility index (Phi) is 2.79. The molecule has 1 fully saturated rings. The fourth-order valence-corrected chi connectivity index (χ4v) is 1.77. The van der Waals surface area contributed by atoms with E-state index in [4.69, 9.17) is 11.6 Å². The number of carbonyl (C=O) groups excluding carboxylic acids is 2. The quantitative estimate of drug-likeness (QED) is 0.552. The highest BCUT2D eigenvalue weighted by molar-refractivity contribution is 6.32. The molecule has 1 saturated heterocycles. The van der Waals surface area contributed by atoms with E-state index in [0.717, 1.165) is 10.5 Å². The first kappa shape index (κ1) is 10.9. The Balaban J connectivity index is 2.37. The van der Waals surface area contributed by atoms with Gasteiger partial charge in [-0.3, -0.25) is 14.5 Å². The van der Waals surface area contributed by atoms with Crippen LogP contribution in [0.1, 0.15) is 12.0 Å². The average molecular weight is 236 g/mol. The van der Waals surface area contributed by atoms with E-state index in [1.807, 2.05) is 18.2 Å². The maximum absolute atomic E-state index is 11.6. The lowest BCUT2D eigenvalue weighted by Gasteiger charge is -2.03. The van der Waals surface area contributed by atoms with E-state index < -0.39 is 0 Å². The summed E-state index contributed by atoms with van der Waals surface area (Å²) in [6.45, 7) is 0. The summed E-state index contributed by atoms with van der Waals surface area (Å²) in [4.78, 5) is 24.1. The molecule has 82 valence electrons. The smallest absolute Gasteiger partial charge is 0.256 e. The van der Waals surface area contributed by atoms with Crippen molar-refractivity contribution in [3.05, 3.63) is 40.4 Å². The van der Waals surface area contributed by atoms with Crippen LogP contribution in [-0.4, -0.2) is 23.8 Å². The summed E-state index contributed by atoms with van der Waals surface area (Å²) in [6, 6.07) is 7.21. The Morgan fingerprint density at radius 3 is 2.56 bits per heavy atom. The third-order valence-electron chi connectivity index (χ3n) is 2.53. The van der Waals surface area contributed by atoms with Gasteiger partial charge in [-0.05, 0) is 17.7 Å². The molecule has 1 aliphatic heterocycles. The van der Waals surface area contributed by atoms with Crippen molar-refractivity contribution in [2.75, 3.05) is 7.05 Å². The lowest BCUT2D eigenvalue weighted by Crippen LogP contribution is -2.23. The van der Waals surface area contributed by atoms with E-state index in [1.54, 1.807) is 12.1 Å². The van der Waals surface area contributed by atoms with Gasteiger partial charge in [-0.1, -0.05) is 29.8 Å². The van der Waals surface area contributed by atoms with E-state index in [2.05, 4.69) is 0 Å². The van der Waals surface area contributed by atoms with Crippen LogP contribution < -0.4 is 0 Å². The number of halogens is 1. The minimum absolute atomic E-state index is 0.153. The standard InChI is InChI=1S/C12H10ClNO2/c1-14-11(15)7-9(12(14)16)6-8-4-2-3-5-10(8)13/h2-6H,7H2,1H3/b9-6+. The molecule has 0 spiro atoms. The fraction of sp³-hybridized carbons (Fsp3) is 0.167. The molecule has 1 heterocycles. The van der Waals surface area contributed by atoms with Crippen LogP contribution in [0.2, 0.25) is 5.02 Å². The molecule has 1 aliphatic rings. The van der Waals surface area contributed by atoms with Crippen LogP contribution in [0.15, 0.2) is 29.8 Å². The number of carbonyl (C=O) groups is 2. The monoisotopic (exact) mass is 235 g/mol. The molecule has 0 N–H and O–H groups in total. The first-order valence-corrected chi connectivity index (χ1v) is 5.23. The maximum Gasteiger partial charge on any atom is 0.256 e. The first-order chi connectivity index (χ1) is 7.59. The summed E-state index contributed by atoms with van der Waals surface area (Å²) in [5, 5.41) is 0.574. The number of imide groups is 1. The van der Waals surface area contributed by atoms with Crippen molar-refractivity contribution in [3.8, 4) is 0 Å². The van der Waals surface area contributed by atoms with Gasteiger partial charge < -0.3 is 0 Å². The molecule has 0 aliphatic carbocycles. The molecule has 0 saturated carbocycles. The first-order valence-electron chi connectivity index (χ1n) is 4.85. The average Bonchev–Trinajstić information content (AvgIpc) is 2.50. The van der Waals surface area contributed by atoms with Crippen molar-refractivity contribution in [1.82, 2.24) is 4.90 Å². The molecule has 2 amide bonds. The molecule has 2 rings (SSSR count). The zero-order valence-corrected chi connectivity index (χ0v) is 9.49. The maximum atomic E-state index is 11.6. The van der Waals surface area contributed by atoms with Crippen molar-refractivity contribution >= 4 is 29.5 Å². The minimum Gasteiger partial charge on any atom is -0.282 e. The fourth-order valence-electron chi connectivity index (χ4n) is 1.58. The number of hydrogen-bond donors (Lipinski definition) is 0. The van der Waals surface area contributed by atoms with E-state index in [-0.39, 0.29) is 18.2 Å². The van der Waals surface area contributed by atoms with Gasteiger partial charge >= 0.3 is 0 Å². The molecule has 4 heteroatoms. The van der Waals surface area contributed by atoms with Gasteiger partial charge in [0.25, 0.3) is 5.91 Å². The zero-order chi connectivity index (χ0) is 11.7. The normalized spacial score (nSPS) is 18.6. The lowest BCUT2D eigenvalue weighted by atomic mass is 10.1. The number of likely N-dealkylation sites (tertiary alicyclic amines) is 1. The van der Waals surface area contributed by atoms with E-state index in [1.165, 1.54) is 7.05 Å². The molecule has 0 aromatic heterocycles. The minimum atomic E-state index is -0.245. The van der Waals surface area contributed by atoms with Gasteiger partial charge in [-0.2, -0.15) is 0 Å². The Bertz CT molecular complexity index is 494. The summed E-state index contributed by atoms with van der Waals surface area (Å²) in [7, 11) is 1.48. The second kappa shape index (κ2) is 4.10. The predicted molar refractivity (Wildman–Crippen MR) is 61.8 cm³/mol. The Labute approximate surface area is 98.3 Å². The van der Waals surface area contributed by atoms with Crippen LogP contribution in [-0.2, 0) is 9.59 Å². The van der Waals surface area contributed by atoms with Crippen LogP contribution in [0.3, 0.4) is 0 Å². The molecule has 3 nitrogen and oxygen atoms in total. The van der Waals surface area contributed by atoms with Crippen molar-refractivity contribution in [2.45, 2.75) is 6.42 Å². The van der Waals surface area contributed by atoms with Crippen LogP contribution in [0, 0.1) is 0 Å². The molecule has 0 atom stereocenters. The van der Waals surface area contributed by atoms with Crippen molar-refractivity contribution < 1.29 is 9.59 Å². The highest BCUT2D eigenvalue weighted by Gasteiger charge is 2.30. The zero-order valence-electron chi connectivity index (χ0n) is 8.74. The summed E-state index contributed by atoms with van der Waals surface area (Å²) >= 11 is 5.97. The lowest BCUT2D eigenvalue weighted by molar-refractivity contribution is -0.135. The molecule has 0 unspecified atom stereocenters. The van der Waals surface area contributed by atoms with E-state index in [0.29, 0.717) is 10.6 Å². The van der Waals surface area contributed by atoms with Gasteiger partial charge in [0.15, 0.2) is 0 Å². The van der Waals surface area contributed by atoms with Gasteiger partial charge in [0, 0.05) is 17.6 Å². The van der Waals surface area contributed by atoms with Crippen LogP contribution in [0.25, 0.3) is 6.08 Å². The molecule has 0 bridgehead atoms. The van der Waals surface area contributed by atoms with Crippen LogP contribution >= 0.6 is 11.6 Å². The Morgan fingerprint density at radius 1 is 1.31 bits per heavy atom. The Morgan fingerprint density at radius 2 is 2.00 bits per heavy atom. The van der Waals surface area contributed by atoms with Gasteiger partial charge in [-0.25, -0.2) is 0 Å². The summed E-state index contributed by atoms with van der Waals surface area (Å²) in [6.07, 6.45) is 1.83. The largest absolute Gasteiger partial charge is 0.282 e. The van der Waals surface area contributed by atoms with Crippen LogP contribution in [0.5, 0.6) is 0 Å². The molecular weight excluding hydrogens is 226 g/mol. The van der Waals surface area contributed by atoms with Crippen molar-refractivity contribution in [3.63, 3.8) is 0 Å². The second-order valence-corrected chi connectivity index (χ2v) is 4.03. The van der Waals surface area contributed by atoms with E-state index in [9.17, 15) is 9.59 Å². The highest BCUT2D eigenvalue weighted by atomic mass is 35.5. The van der Waals surface area contributed by atoms with Crippen LogP contribution in [0.4, 0.5) is 0 Å². The number of nitrogens with zero attached hydrogens (tertiary/aromatic N) is 1. The second-order valence-electron chi connectivity index (χ2n) is 3.63. The SMILES string of the molecule is CN1C(=O)C/C(=C\c2ccccc2Cl)C1=O.